The SMILES string of the molecule is CC(CNC(=O)N(C)CC(F)F)CC1(C)OCCO1. The van der Waals surface area contributed by atoms with Gasteiger partial charge in [-0.15, -0.1) is 0 Å². The fourth-order valence-corrected chi connectivity index (χ4v) is 2.07. The quantitative estimate of drug-likeness (QED) is 0.805. The van der Waals surface area contributed by atoms with E-state index in [0.29, 0.717) is 26.2 Å². The van der Waals surface area contributed by atoms with Crippen LogP contribution in [0.5, 0.6) is 0 Å². The first-order valence-electron chi connectivity index (χ1n) is 6.37. The van der Waals surface area contributed by atoms with Crippen molar-refractivity contribution in [2.45, 2.75) is 32.5 Å². The highest BCUT2D eigenvalue weighted by Crippen LogP contribution is 2.26. The molecule has 0 radical (unpaired) electrons. The Morgan fingerprint density at radius 1 is 1.42 bits per heavy atom. The monoisotopic (exact) mass is 280 g/mol. The molecule has 1 saturated heterocycles. The molecule has 0 aromatic carbocycles. The van der Waals surface area contributed by atoms with Crippen molar-refractivity contribution in [3.8, 4) is 0 Å². The molecule has 0 aliphatic carbocycles. The number of hydrogen-bond donors (Lipinski definition) is 1. The van der Waals surface area contributed by atoms with E-state index in [1.807, 2.05) is 13.8 Å². The topological polar surface area (TPSA) is 50.8 Å². The van der Waals surface area contributed by atoms with E-state index < -0.39 is 24.8 Å². The molecule has 0 aromatic heterocycles. The van der Waals surface area contributed by atoms with Crippen LogP contribution in [0.1, 0.15) is 20.3 Å². The summed E-state index contributed by atoms with van der Waals surface area (Å²) in [4.78, 5) is 12.5. The molecule has 5 nitrogen and oxygen atoms in total. The summed E-state index contributed by atoms with van der Waals surface area (Å²) in [7, 11) is 1.34. The summed E-state index contributed by atoms with van der Waals surface area (Å²) >= 11 is 0. The van der Waals surface area contributed by atoms with Crippen LogP contribution < -0.4 is 5.32 Å². The van der Waals surface area contributed by atoms with Gasteiger partial charge in [0.2, 0.25) is 0 Å². The van der Waals surface area contributed by atoms with Gasteiger partial charge in [-0.1, -0.05) is 6.92 Å². The molecule has 1 atom stereocenters. The summed E-state index contributed by atoms with van der Waals surface area (Å²) < 4.78 is 35.2. The molecule has 0 spiro atoms. The van der Waals surface area contributed by atoms with Gasteiger partial charge < -0.3 is 19.7 Å². The van der Waals surface area contributed by atoms with Crippen molar-refractivity contribution in [1.29, 1.82) is 0 Å². The molecule has 1 fully saturated rings. The molecule has 1 aliphatic rings. The molecule has 19 heavy (non-hydrogen) atoms. The molecule has 2 amide bonds. The van der Waals surface area contributed by atoms with Crippen molar-refractivity contribution in [1.82, 2.24) is 10.2 Å². The zero-order valence-corrected chi connectivity index (χ0v) is 11.6. The maximum atomic E-state index is 12.1. The van der Waals surface area contributed by atoms with Gasteiger partial charge in [0.05, 0.1) is 19.8 Å². The number of urea groups is 1. The lowest BCUT2D eigenvalue weighted by Crippen LogP contribution is -2.42. The minimum Gasteiger partial charge on any atom is -0.348 e. The van der Waals surface area contributed by atoms with Crippen molar-refractivity contribution >= 4 is 6.03 Å². The normalized spacial score (nSPS) is 19.5. The summed E-state index contributed by atoms with van der Waals surface area (Å²) in [6.45, 7) is 4.79. The number of halogens is 2. The highest BCUT2D eigenvalue weighted by atomic mass is 19.3. The summed E-state index contributed by atoms with van der Waals surface area (Å²) in [6.07, 6.45) is -1.88. The number of alkyl halides is 2. The standard InChI is InChI=1S/C12H22F2N2O3/c1-9(6-12(2)18-4-5-19-12)7-15-11(17)16(3)8-10(13)14/h9-10H,4-8H2,1-3H3,(H,15,17). The fraction of sp³-hybridized carbons (Fsp3) is 0.917. The molecule has 0 saturated carbocycles. The van der Waals surface area contributed by atoms with Crippen molar-refractivity contribution in [3.05, 3.63) is 0 Å². The molecule has 112 valence electrons. The molecule has 1 aliphatic heterocycles. The van der Waals surface area contributed by atoms with Gasteiger partial charge >= 0.3 is 6.03 Å². The van der Waals surface area contributed by atoms with E-state index >= 15 is 0 Å². The molecular weight excluding hydrogens is 258 g/mol. The van der Waals surface area contributed by atoms with E-state index in [0.717, 1.165) is 4.90 Å². The summed E-state index contributed by atoms with van der Waals surface area (Å²) in [5.41, 5.74) is 0. The van der Waals surface area contributed by atoms with Gasteiger partial charge in [-0.05, 0) is 12.8 Å². The van der Waals surface area contributed by atoms with Crippen LogP contribution in [0.25, 0.3) is 0 Å². The molecule has 0 aromatic rings. The fourth-order valence-electron chi connectivity index (χ4n) is 2.07. The third-order valence-corrected chi connectivity index (χ3v) is 2.98. The van der Waals surface area contributed by atoms with E-state index in [4.69, 9.17) is 9.47 Å². The molecule has 1 heterocycles. The lowest BCUT2D eigenvalue weighted by atomic mass is 10.0. The van der Waals surface area contributed by atoms with E-state index in [2.05, 4.69) is 5.32 Å². The zero-order valence-electron chi connectivity index (χ0n) is 11.6. The summed E-state index contributed by atoms with van der Waals surface area (Å²) in [5, 5.41) is 2.62. The van der Waals surface area contributed by atoms with Gasteiger partial charge in [0.1, 0.15) is 0 Å². The third kappa shape index (κ3) is 5.69. The van der Waals surface area contributed by atoms with Crippen molar-refractivity contribution in [2.24, 2.45) is 5.92 Å². The Morgan fingerprint density at radius 2 is 2.00 bits per heavy atom. The number of nitrogens with zero attached hydrogens (tertiary/aromatic N) is 1. The van der Waals surface area contributed by atoms with Crippen molar-refractivity contribution in [3.63, 3.8) is 0 Å². The van der Waals surface area contributed by atoms with Crippen LogP contribution >= 0.6 is 0 Å². The Labute approximate surface area is 112 Å². The number of hydrogen-bond acceptors (Lipinski definition) is 3. The van der Waals surface area contributed by atoms with Crippen LogP contribution in [0.4, 0.5) is 13.6 Å². The Hall–Kier alpha value is -0.950. The average Bonchev–Trinajstić information content (AvgIpc) is 2.71. The van der Waals surface area contributed by atoms with Gasteiger partial charge in [0, 0.05) is 20.0 Å². The van der Waals surface area contributed by atoms with Crippen LogP contribution in [0.2, 0.25) is 0 Å². The van der Waals surface area contributed by atoms with E-state index in [1.54, 1.807) is 0 Å². The number of amides is 2. The number of carbonyl (C=O) groups is 1. The number of ether oxygens (including phenoxy) is 2. The third-order valence-electron chi connectivity index (χ3n) is 2.98. The van der Waals surface area contributed by atoms with Gasteiger partial charge in [0.25, 0.3) is 6.43 Å². The highest BCUT2D eigenvalue weighted by Gasteiger charge is 2.32. The number of carbonyl (C=O) groups excluding carboxylic acids is 1. The average molecular weight is 280 g/mol. The maximum absolute atomic E-state index is 12.1. The maximum Gasteiger partial charge on any atom is 0.317 e. The Kier molecular flexibility index (Phi) is 5.93. The smallest absolute Gasteiger partial charge is 0.317 e. The Bertz CT molecular complexity index is 297. The Balaban J connectivity index is 2.25. The number of rotatable bonds is 6. The largest absolute Gasteiger partial charge is 0.348 e. The molecule has 7 heteroatoms. The molecule has 1 rings (SSSR count). The van der Waals surface area contributed by atoms with E-state index in [1.165, 1.54) is 7.05 Å². The van der Waals surface area contributed by atoms with E-state index in [9.17, 15) is 13.6 Å². The lowest BCUT2D eigenvalue weighted by molar-refractivity contribution is -0.153. The van der Waals surface area contributed by atoms with Gasteiger partial charge in [-0.3, -0.25) is 0 Å². The predicted octanol–water partition coefficient (Wildman–Crippen LogP) is 1.68. The first kappa shape index (κ1) is 16.1. The van der Waals surface area contributed by atoms with Gasteiger partial charge in [-0.25, -0.2) is 13.6 Å². The molecular formula is C12H22F2N2O3. The van der Waals surface area contributed by atoms with Crippen molar-refractivity contribution < 1.29 is 23.0 Å². The molecule has 0 bridgehead atoms. The highest BCUT2D eigenvalue weighted by molar-refractivity contribution is 5.73. The second-order valence-corrected chi connectivity index (χ2v) is 5.10. The number of nitrogens with one attached hydrogen (secondary N) is 1. The van der Waals surface area contributed by atoms with Crippen LogP contribution in [-0.2, 0) is 9.47 Å². The van der Waals surface area contributed by atoms with Gasteiger partial charge in [-0.2, -0.15) is 0 Å². The van der Waals surface area contributed by atoms with Crippen LogP contribution in [0.15, 0.2) is 0 Å². The second kappa shape index (κ2) is 7.00. The van der Waals surface area contributed by atoms with Crippen molar-refractivity contribution in [2.75, 3.05) is 33.4 Å². The van der Waals surface area contributed by atoms with Gasteiger partial charge in [0.15, 0.2) is 5.79 Å². The zero-order chi connectivity index (χ0) is 14.5. The molecule has 1 unspecified atom stereocenters. The van der Waals surface area contributed by atoms with Crippen LogP contribution in [0.3, 0.4) is 0 Å². The second-order valence-electron chi connectivity index (χ2n) is 5.10. The van der Waals surface area contributed by atoms with E-state index in [-0.39, 0.29) is 5.92 Å². The first-order valence-corrected chi connectivity index (χ1v) is 6.37. The molecule has 1 N–H and O–H groups in total. The van der Waals surface area contributed by atoms with Crippen LogP contribution in [0, 0.1) is 5.92 Å². The summed E-state index contributed by atoms with van der Waals surface area (Å²) in [6, 6.07) is -0.495. The summed E-state index contributed by atoms with van der Waals surface area (Å²) in [5.74, 6) is -0.467. The minimum atomic E-state index is -2.52. The lowest BCUT2D eigenvalue weighted by Gasteiger charge is -2.26. The van der Waals surface area contributed by atoms with Crippen LogP contribution in [-0.4, -0.2) is 56.5 Å². The minimum absolute atomic E-state index is 0.131. The predicted molar refractivity (Wildman–Crippen MR) is 66.1 cm³/mol. The Morgan fingerprint density at radius 3 is 2.53 bits per heavy atom. The first-order chi connectivity index (χ1) is 8.82.